The van der Waals surface area contributed by atoms with Crippen LogP contribution in [-0.2, 0) is 7.05 Å². The first kappa shape index (κ1) is 9.85. The lowest BCUT2D eigenvalue weighted by Crippen LogP contribution is -2.25. The second kappa shape index (κ2) is 3.82. The van der Waals surface area contributed by atoms with Gasteiger partial charge >= 0.3 is 0 Å². The first-order valence-corrected chi connectivity index (χ1v) is 4.80. The summed E-state index contributed by atoms with van der Waals surface area (Å²) in [6, 6.07) is 0.0895. The van der Waals surface area contributed by atoms with E-state index in [1.807, 2.05) is 14.0 Å². The summed E-state index contributed by atoms with van der Waals surface area (Å²) >= 11 is 0. The predicted octanol–water partition coefficient (Wildman–Crippen LogP) is 0.122. The number of nitrogens with zero attached hydrogens (tertiary/aromatic N) is 4. The summed E-state index contributed by atoms with van der Waals surface area (Å²) in [4.78, 5) is 8.31. The maximum absolute atomic E-state index is 5.66. The van der Waals surface area contributed by atoms with Gasteiger partial charge in [-0.3, -0.25) is 4.68 Å². The standard InChI is InChI=1S/C9H14N6/c1-6(10)3-11-8-7-4-14-15(2)9(7)13-5-12-8/h4-6H,3,10H2,1-2H3,(H,11,12,13). The van der Waals surface area contributed by atoms with Gasteiger partial charge in [-0.05, 0) is 6.92 Å². The van der Waals surface area contributed by atoms with Gasteiger partial charge in [-0.2, -0.15) is 5.10 Å². The molecule has 0 bridgehead atoms. The fourth-order valence-electron chi connectivity index (χ4n) is 1.36. The summed E-state index contributed by atoms with van der Waals surface area (Å²) in [6.07, 6.45) is 3.27. The van der Waals surface area contributed by atoms with E-state index >= 15 is 0 Å². The van der Waals surface area contributed by atoms with Crippen molar-refractivity contribution in [3.05, 3.63) is 12.5 Å². The summed E-state index contributed by atoms with van der Waals surface area (Å²) in [5.41, 5.74) is 6.48. The van der Waals surface area contributed by atoms with E-state index in [0.29, 0.717) is 6.54 Å². The van der Waals surface area contributed by atoms with Crippen molar-refractivity contribution in [3.8, 4) is 0 Å². The monoisotopic (exact) mass is 206 g/mol. The Morgan fingerprint density at radius 2 is 2.33 bits per heavy atom. The largest absolute Gasteiger partial charge is 0.368 e. The molecule has 0 radical (unpaired) electrons. The zero-order chi connectivity index (χ0) is 10.8. The number of anilines is 1. The lowest BCUT2D eigenvalue weighted by atomic mass is 10.3. The van der Waals surface area contributed by atoms with Crippen molar-refractivity contribution in [1.29, 1.82) is 0 Å². The third-order valence-corrected chi connectivity index (χ3v) is 2.12. The number of hydrogen-bond donors (Lipinski definition) is 2. The number of fused-ring (bicyclic) bond motifs is 1. The quantitative estimate of drug-likeness (QED) is 0.745. The second-order valence-corrected chi connectivity index (χ2v) is 3.59. The van der Waals surface area contributed by atoms with E-state index in [1.165, 1.54) is 6.33 Å². The van der Waals surface area contributed by atoms with Crippen LogP contribution in [0.4, 0.5) is 5.82 Å². The van der Waals surface area contributed by atoms with Crippen LogP contribution in [0.15, 0.2) is 12.5 Å². The highest BCUT2D eigenvalue weighted by atomic mass is 15.3. The molecule has 6 heteroatoms. The van der Waals surface area contributed by atoms with Gasteiger partial charge in [-0.15, -0.1) is 0 Å². The number of aromatic nitrogens is 4. The Morgan fingerprint density at radius 1 is 1.53 bits per heavy atom. The zero-order valence-electron chi connectivity index (χ0n) is 8.81. The molecule has 0 aliphatic carbocycles. The van der Waals surface area contributed by atoms with Crippen LogP contribution in [0.1, 0.15) is 6.92 Å². The Labute approximate surface area is 87.5 Å². The molecule has 2 rings (SSSR count). The lowest BCUT2D eigenvalue weighted by Gasteiger charge is -2.08. The van der Waals surface area contributed by atoms with Crippen molar-refractivity contribution < 1.29 is 0 Å². The van der Waals surface area contributed by atoms with Crippen LogP contribution in [0, 0.1) is 0 Å². The van der Waals surface area contributed by atoms with Crippen LogP contribution in [0.5, 0.6) is 0 Å². The molecule has 6 nitrogen and oxygen atoms in total. The van der Waals surface area contributed by atoms with Crippen molar-refractivity contribution in [1.82, 2.24) is 19.7 Å². The average molecular weight is 206 g/mol. The number of rotatable bonds is 3. The lowest BCUT2D eigenvalue weighted by molar-refractivity contribution is 0.776. The minimum atomic E-state index is 0.0895. The number of aryl methyl sites for hydroxylation is 1. The van der Waals surface area contributed by atoms with E-state index in [0.717, 1.165) is 16.9 Å². The van der Waals surface area contributed by atoms with E-state index in [2.05, 4.69) is 20.4 Å². The van der Waals surface area contributed by atoms with Gasteiger partial charge in [0, 0.05) is 19.6 Å². The van der Waals surface area contributed by atoms with Gasteiger partial charge in [0.2, 0.25) is 0 Å². The molecule has 2 aromatic rings. The first-order chi connectivity index (χ1) is 7.18. The summed E-state index contributed by atoms with van der Waals surface area (Å²) in [7, 11) is 1.85. The Morgan fingerprint density at radius 3 is 3.07 bits per heavy atom. The molecule has 0 spiro atoms. The highest BCUT2D eigenvalue weighted by Gasteiger charge is 2.07. The third kappa shape index (κ3) is 1.89. The van der Waals surface area contributed by atoms with Gasteiger partial charge in [-0.1, -0.05) is 0 Å². The van der Waals surface area contributed by atoms with Gasteiger partial charge in [0.25, 0.3) is 0 Å². The Bertz CT molecular complexity index is 461. The highest BCUT2D eigenvalue weighted by Crippen LogP contribution is 2.17. The molecule has 15 heavy (non-hydrogen) atoms. The molecule has 2 heterocycles. The van der Waals surface area contributed by atoms with Gasteiger partial charge in [-0.25, -0.2) is 9.97 Å². The molecule has 0 fully saturated rings. The van der Waals surface area contributed by atoms with Crippen molar-refractivity contribution in [2.24, 2.45) is 12.8 Å². The van der Waals surface area contributed by atoms with Crippen molar-refractivity contribution >= 4 is 16.9 Å². The maximum Gasteiger partial charge on any atom is 0.163 e. The second-order valence-electron chi connectivity index (χ2n) is 3.59. The molecule has 0 saturated carbocycles. The minimum absolute atomic E-state index is 0.0895. The molecule has 0 aliphatic heterocycles. The van der Waals surface area contributed by atoms with E-state index in [9.17, 15) is 0 Å². The zero-order valence-corrected chi connectivity index (χ0v) is 8.81. The normalized spacial score (nSPS) is 13.0. The van der Waals surface area contributed by atoms with Crippen molar-refractivity contribution in [2.75, 3.05) is 11.9 Å². The smallest absolute Gasteiger partial charge is 0.163 e. The molecule has 2 aromatic heterocycles. The summed E-state index contributed by atoms with van der Waals surface area (Å²) in [5.74, 6) is 0.783. The summed E-state index contributed by atoms with van der Waals surface area (Å²) in [5, 5.41) is 8.21. The topological polar surface area (TPSA) is 81.7 Å². The van der Waals surface area contributed by atoms with E-state index < -0.39 is 0 Å². The van der Waals surface area contributed by atoms with Crippen LogP contribution in [-0.4, -0.2) is 32.3 Å². The molecule has 0 aromatic carbocycles. The van der Waals surface area contributed by atoms with E-state index in [1.54, 1.807) is 10.9 Å². The van der Waals surface area contributed by atoms with E-state index in [4.69, 9.17) is 5.73 Å². The predicted molar refractivity (Wildman–Crippen MR) is 58.4 cm³/mol. The third-order valence-electron chi connectivity index (χ3n) is 2.12. The highest BCUT2D eigenvalue weighted by molar-refractivity contribution is 5.85. The van der Waals surface area contributed by atoms with Crippen LogP contribution in [0.3, 0.4) is 0 Å². The molecule has 1 unspecified atom stereocenters. The Balaban J connectivity index is 2.34. The molecule has 3 N–H and O–H groups in total. The number of hydrogen-bond acceptors (Lipinski definition) is 5. The molecular weight excluding hydrogens is 192 g/mol. The van der Waals surface area contributed by atoms with Crippen LogP contribution < -0.4 is 11.1 Å². The molecule has 80 valence electrons. The van der Waals surface area contributed by atoms with Crippen molar-refractivity contribution in [2.45, 2.75) is 13.0 Å². The first-order valence-electron chi connectivity index (χ1n) is 4.80. The van der Waals surface area contributed by atoms with Gasteiger partial charge in [0.15, 0.2) is 5.65 Å². The van der Waals surface area contributed by atoms with Gasteiger partial charge in [0.05, 0.1) is 11.6 Å². The fourth-order valence-corrected chi connectivity index (χ4v) is 1.36. The average Bonchev–Trinajstić information content (AvgIpc) is 2.58. The molecule has 0 saturated heterocycles. The van der Waals surface area contributed by atoms with E-state index in [-0.39, 0.29) is 6.04 Å². The Hall–Kier alpha value is -1.69. The maximum atomic E-state index is 5.66. The fraction of sp³-hybridized carbons (Fsp3) is 0.444. The summed E-state index contributed by atoms with van der Waals surface area (Å²) in [6.45, 7) is 2.62. The molecular formula is C9H14N6. The molecule has 0 aliphatic rings. The number of nitrogens with one attached hydrogen (secondary N) is 1. The SMILES string of the molecule is CC(N)CNc1ncnc2c1cnn2C. The Kier molecular flexibility index (Phi) is 2.51. The minimum Gasteiger partial charge on any atom is -0.368 e. The van der Waals surface area contributed by atoms with Crippen LogP contribution in [0.25, 0.3) is 11.0 Å². The molecule has 0 amide bonds. The van der Waals surface area contributed by atoms with Gasteiger partial charge in [0.1, 0.15) is 12.1 Å². The summed E-state index contributed by atoms with van der Waals surface area (Å²) < 4.78 is 1.72. The van der Waals surface area contributed by atoms with Crippen molar-refractivity contribution in [3.63, 3.8) is 0 Å². The number of nitrogens with two attached hydrogens (primary N) is 1. The van der Waals surface area contributed by atoms with Crippen LogP contribution >= 0.6 is 0 Å². The van der Waals surface area contributed by atoms with Crippen LogP contribution in [0.2, 0.25) is 0 Å². The molecule has 1 atom stereocenters. The van der Waals surface area contributed by atoms with Gasteiger partial charge < -0.3 is 11.1 Å².